The van der Waals surface area contributed by atoms with E-state index >= 15 is 0 Å². The van der Waals surface area contributed by atoms with E-state index in [-0.39, 0.29) is 0 Å². The molecule has 17 heavy (non-hydrogen) atoms. The highest BCUT2D eigenvalue weighted by Gasteiger charge is 2.08. The van der Waals surface area contributed by atoms with Crippen LogP contribution in [0.5, 0.6) is 0 Å². The van der Waals surface area contributed by atoms with Crippen molar-refractivity contribution in [3.05, 3.63) is 30.6 Å². The van der Waals surface area contributed by atoms with Gasteiger partial charge in [-0.05, 0) is 12.1 Å². The van der Waals surface area contributed by atoms with Gasteiger partial charge in [0.25, 0.3) is 0 Å². The average Bonchev–Trinajstić information content (AvgIpc) is 2.37. The van der Waals surface area contributed by atoms with Gasteiger partial charge in [0.05, 0.1) is 23.9 Å². The van der Waals surface area contributed by atoms with Crippen molar-refractivity contribution in [1.82, 2.24) is 4.98 Å². The van der Waals surface area contributed by atoms with E-state index in [9.17, 15) is 0 Å². The van der Waals surface area contributed by atoms with Gasteiger partial charge in [0.1, 0.15) is 0 Å². The second-order valence-electron chi connectivity index (χ2n) is 3.92. The maximum Gasteiger partial charge on any atom is 0.0640 e. The van der Waals surface area contributed by atoms with Crippen LogP contribution >= 0.6 is 0 Å². The van der Waals surface area contributed by atoms with Crippen molar-refractivity contribution < 1.29 is 0 Å². The lowest BCUT2D eigenvalue weighted by Crippen LogP contribution is -2.19. The molecule has 86 valence electrons. The van der Waals surface area contributed by atoms with Gasteiger partial charge in [0.15, 0.2) is 0 Å². The first-order chi connectivity index (χ1) is 8.24. The molecule has 1 heterocycles. The molecule has 1 aromatic heterocycles. The number of nitriles is 1. The number of nitrogens with two attached hydrogens (primary N) is 1. The summed E-state index contributed by atoms with van der Waals surface area (Å²) in [6.45, 7) is 0.678. The number of fused-ring (bicyclic) bond motifs is 1. The Hall–Kier alpha value is -2.28. The topological polar surface area (TPSA) is 65.9 Å². The molecular weight excluding hydrogens is 212 g/mol. The van der Waals surface area contributed by atoms with Crippen molar-refractivity contribution in [2.75, 3.05) is 24.2 Å². The zero-order chi connectivity index (χ0) is 12.3. The fourth-order valence-electron chi connectivity index (χ4n) is 1.85. The first kappa shape index (κ1) is 11.2. The Morgan fingerprint density at radius 3 is 3.00 bits per heavy atom. The molecule has 1 aromatic carbocycles. The molecule has 0 aliphatic carbocycles. The van der Waals surface area contributed by atoms with Crippen LogP contribution < -0.4 is 10.6 Å². The van der Waals surface area contributed by atoms with E-state index in [0.29, 0.717) is 13.0 Å². The maximum absolute atomic E-state index is 8.59. The first-order valence-electron chi connectivity index (χ1n) is 5.44. The molecule has 0 spiro atoms. The van der Waals surface area contributed by atoms with E-state index in [2.05, 4.69) is 11.1 Å². The number of benzene rings is 1. The number of pyridine rings is 1. The number of nitrogens with zero attached hydrogens (tertiary/aromatic N) is 3. The average molecular weight is 226 g/mol. The zero-order valence-corrected chi connectivity index (χ0v) is 9.72. The number of nitrogen functional groups attached to an aromatic ring is 1. The third-order valence-electron chi connectivity index (χ3n) is 2.81. The molecule has 0 aliphatic heterocycles. The Bertz CT molecular complexity index is 571. The highest BCUT2D eigenvalue weighted by molar-refractivity contribution is 5.98. The molecule has 0 amide bonds. The van der Waals surface area contributed by atoms with Gasteiger partial charge >= 0.3 is 0 Å². The lowest BCUT2D eigenvalue weighted by Gasteiger charge is -2.20. The number of anilines is 2. The molecule has 0 unspecified atom stereocenters. The van der Waals surface area contributed by atoms with Gasteiger partial charge in [-0.25, -0.2) is 0 Å². The van der Waals surface area contributed by atoms with Crippen molar-refractivity contribution in [3.8, 4) is 6.07 Å². The second-order valence-corrected chi connectivity index (χ2v) is 3.92. The molecule has 2 rings (SSSR count). The number of hydrogen-bond donors (Lipinski definition) is 1. The predicted molar refractivity (Wildman–Crippen MR) is 69.7 cm³/mol. The van der Waals surface area contributed by atoms with Crippen LogP contribution in [0.3, 0.4) is 0 Å². The largest absolute Gasteiger partial charge is 0.397 e. The monoisotopic (exact) mass is 226 g/mol. The molecule has 0 bridgehead atoms. The van der Waals surface area contributed by atoms with Gasteiger partial charge in [-0.15, -0.1) is 0 Å². The van der Waals surface area contributed by atoms with Gasteiger partial charge in [0, 0.05) is 36.8 Å². The summed E-state index contributed by atoms with van der Waals surface area (Å²) in [6.07, 6.45) is 4.02. The van der Waals surface area contributed by atoms with Crippen molar-refractivity contribution in [3.63, 3.8) is 0 Å². The highest BCUT2D eigenvalue weighted by Crippen LogP contribution is 2.30. The molecule has 2 aromatic rings. The predicted octanol–water partition coefficient (Wildman–Crippen LogP) is 2.17. The number of aromatic nitrogens is 1. The lowest BCUT2D eigenvalue weighted by molar-refractivity contribution is 0.907. The minimum absolute atomic E-state index is 0.490. The Morgan fingerprint density at radius 2 is 2.24 bits per heavy atom. The summed E-state index contributed by atoms with van der Waals surface area (Å²) in [6, 6.07) is 8.01. The van der Waals surface area contributed by atoms with Crippen LogP contribution in [0.4, 0.5) is 11.4 Å². The van der Waals surface area contributed by atoms with Crippen LogP contribution in [0.25, 0.3) is 10.8 Å². The summed E-state index contributed by atoms with van der Waals surface area (Å²) in [7, 11) is 1.94. The Labute approximate surface area is 100 Å². The molecule has 4 nitrogen and oxygen atoms in total. The van der Waals surface area contributed by atoms with Crippen molar-refractivity contribution in [2.24, 2.45) is 0 Å². The van der Waals surface area contributed by atoms with Gasteiger partial charge in [-0.1, -0.05) is 6.07 Å². The van der Waals surface area contributed by atoms with Gasteiger partial charge in [-0.2, -0.15) is 5.26 Å². The summed E-state index contributed by atoms with van der Waals surface area (Å²) in [5.41, 5.74) is 7.84. The van der Waals surface area contributed by atoms with Gasteiger partial charge < -0.3 is 10.6 Å². The lowest BCUT2D eigenvalue weighted by atomic mass is 10.1. The minimum atomic E-state index is 0.490. The Balaban J connectivity index is 2.42. The summed E-state index contributed by atoms with van der Waals surface area (Å²) in [5.74, 6) is 0. The second kappa shape index (κ2) is 4.71. The van der Waals surface area contributed by atoms with E-state index in [1.807, 2.05) is 30.1 Å². The minimum Gasteiger partial charge on any atom is -0.397 e. The van der Waals surface area contributed by atoms with Crippen molar-refractivity contribution in [2.45, 2.75) is 6.42 Å². The Morgan fingerprint density at radius 1 is 1.41 bits per heavy atom. The van der Waals surface area contributed by atoms with Crippen LogP contribution in [-0.2, 0) is 0 Å². The molecule has 0 aliphatic rings. The summed E-state index contributed by atoms with van der Waals surface area (Å²) >= 11 is 0. The molecule has 2 N–H and O–H groups in total. The first-order valence-corrected chi connectivity index (χ1v) is 5.44. The fourth-order valence-corrected chi connectivity index (χ4v) is 1.85. The SMILES string of the molecule is CN(CCC#N)c1ccc2cnccc2c1N. The standard InChI is InChI=1S/C13H14N4/c1-17(8-2-6-14)12-4-3-10-9-16-7-5-11(10)13(12)15/h3-5,7,9H,2,8,15H2,1H3. The summed E-state index contributed by atoms with van der Waals surface area (Å²) in [5, 5.41) is 10.6. The molecule has 0 fully saturated rings. The highest BCUT2D eigenvalue weighted by atomic mass is 15.1. The zero-order valence-electron chi connectivity index (χ0n) is 9.72. The third kappa shape index (κ3) is 2.13. The van der Waals surface area contributed by atoms with Gasteiger partial charge in [0.2, 0.25) is 0 Å². The van der Waals surface area contributed by atoms with Crippen LogP contribution in [-0.4, -0.2) is 18.6 Å². The van der Waals surface area contributed by atoms with E-state index in [4.69, 9.17) is 11.0 Å². The molecule has 0 saturated heterocycles. The van der Waals surface area contributed by atoms with Crippen molar-refractivity contribution >= 4 is 22.1 Å². The molecule has 0 atom stereocenters. The summed E-state index contributed by atoms with van der Waals surface area (Å²) < 4.78 is 0. The van der Waals surface area contributed by atoms with Crippen molar-refractivity contribution in [1.29, 1.82) is 5.26 Å². The van der Waals surface area contributed by atoms with E-state index < -0.39 is 0 Å². The summed E-state index contributed by atoms with van der Waals surface area (Å²) in [4.78, 5) is 6.06. The molecular formula is C13H14N4. The van der Waals surface area contributed by atoms with E-state index in [0.717, 1.165) is 22.1 Å². The van der Waals surface area contributed by atoms with Crippen LogP contribution in [0.15, 0.2) is 30.6 Å². The maximum atomic E-state index is 8.59. The van der Waals surface area contributed by atoms with Crippen LogP contribution in [0.1, 0.15) is 6.42 Å². The van der Waals surface area contributed by atoms with E-state index in [1.165, 1.54) is 0 Å². The molecule has 0 radical (unpaired) electrons. The third-order valence-corrected chi connectivity index (χ3v) is 2.81. The smallest absolute Gasteiger partial charge is 0.0640 e. The number of rotatable bonds is 3. The molecule has 0 saturated carbocycles. The van der Waals surface area contributed by atoms with Crippen LogP contribution in [0, 0.1) is 11.3 Å². The molecule has 4 heteroatoms. The van der Waals surface area contributed by atoms with Crippen LogP contribution in [0.2, 0.25) is 0 Å². The quantitative estimate of drug-likeness (QED) is 0.814. The van der Waals surface area contributed by atoms with Gasteiger partial charge in [-0.3, -0.25) is 4.98 Å². The normalized spacial score (nSPS) is 10.1. The van der Waals surface area contributed by atoms with E-state index in [1.54, 1.807) is 12.4 Å². The Kier molecular flexibility index (Phi) is 3.10. The fraction of sp³-hybridized carbons (Fsp3) is 0.231. The number of hydrogen-bond acceptors (Lipinski definition) is 4.